The molecule has 1 N–H and O–H groups in total. The van der Waals surface area contributed by atoms with Crippen LogP contribution in [0.4, 0.5) is 0 Å². The third-order valence-electron chi connectivity index (χ3n) is 1.64. The lowest BCUT2D eigenvalue weighted by Crippen LogP contribution is -2.20. The minimum absolute atomic E-state index is 0.0405. The van der Waals surface area contributed by atoms with Crippen molar-refractivity contribution in [2.24, 2.45) is 0 Å². The van der Waals surface area contributed by atoms with Crippen molar-refractivity contribution in [3.63, 3.8) is 0 Å². The van der Waals surface area contributed by atoms with Crippen molar-refractivity contribution >= 4 is 11.9 Å². The van der Waals surface area contributed by atoms with Crippen molar-refractivity contribution < 1.29 is 19.5 Å². The Hall–Kier alpha value is -1.88. The van der Waals surface area contributed by atoms with Crippen LogP contribution in [0.1, 0.15) is 20.7 Å². The molecule has 0 spiro atoms. The van der Waals surface area contributed by atoms with E-state index in [-0.39, 0.29) is 11.1 Å². The van der Waals surface area contributed by atoms with Crippen molar-refractivity contribution in [3.05, 3.63) is 35.4 Å². The fourth-order valence-corrected chi connectivity index (χ4v) is 1.06. The fourth-order valence-electron chi connectivity index (χ4n) is 1.06. The van der Waals surface area contributed by atoms with E-state index in [4.69, 9.17) is 9.94 Å². The van der Waals surface area contributed by atoms with Gasteiger partial charge < -0.3 is 9.94 Å². The third kappa shape index (κ3) is 2.78. The largest absolute Gasteiger partial charge is 0.478 e. The summed E-state index contributed by atoms with van der Waals surface area (Å²) in [6, 6.07) is 5.90. The predicted octanol–water partition coefficient (Wildman–Crippen LogP) is 1.02. The van der Waals surface area contributed by atoms with E-state index in [9.17, 15) is 9.59 Å². The fraction of sp³-hybridized carbons (Fsp3) is 0.200. The first-order valence-electron chi connectivity index (χ1n) is 4.24. The van der Waals surface area contributed by atoms with Crippen molar-refractivity contribution in [2.45, 2.75) is 0 Å². The number of hydroxylamine groups is 2. The van der Waals surface area contributed by atoms with Crippen LogP contribution >= 0.6 is 0 Å². The minimum Gasteiger partial charge on any atom is -0.478 e. The Morgan fingerprint density at radius 2 is 1.73 bits per heavy atom. The number of carbonyl (C=O) groups is 2. The van der Waals surface area contributed by atoms with E-state index in [1.165, 1.54) is 17.2 Å². The molecule has 0 bridgehead atoms. The lowest BCUT2D eigenvalue weighted by molar-refractivity contribution is -0.0714. The molecule has 0 fully saturated rings. The SMILES string of the molecule is CN(C)OC(=O)c1ccccc1C(=O)O. The predicted molar refractivity (Wildman–Crippen MR) is 52.5 cm³/mol. The molecular formula is C10H11NO4. The number of hydrogen-bond donors (Lipinski definition) is 1. The average molecular weight is 209 g/mol. The van der Waals surface area contributed by atoms with Gasteiger partial charge in [0, 0.05) is 14.1 Å². The van der Waals surface area contributed by atoms with Crippen LogP contribution in [0.5, 0.6) is 0 Å². The second-order valence-corrected chi connectivity index (χ2v) is 3.04. The normalized spacial score (nSPS) is 10.1. The number of carbonyl (C=O) groups excluding carboxylic acids is 1. The quantitative estimate of drug-likeness (QED) is 0.753. The molecule has 15 heavy (non-hydrogen) atoms. The van der Waals surface area contributed by atoms with Gasteiger partial charge in [0.15, 0.2) is 0 Å². The van der Waals surface area contributed by atoms with Crippen LogP contribution in [0.25, 0.3) is 0 Å². The summed E-state index contributed by atoms with van der Waals surface area (Å²) in [5.74, 6) is -1.83. The van der Waals surface area contributed by atoms with Gasteiger partial charge in [0.2, 0.25) is 0 Å². The molecule has 0 aliphatic carbocycles. The van der Waals surface area contributed by atoms with Crippen LogP contribution in [0, 0.1) is 0 Å². The minimum atomic E-state index is -1.15. The number of aromatic carboxylic acids is 1. The average Bonchev–Trinajstić information content (AvgIpc) is 2.16. The van der Waals surface area contributed by atoms with Crippen LogP contribution in [0.2, 0.25) is 0 Å². The first-order chi connectivity index (χ1) is 7.02. The maximum absolute atomic E-state index is 11.5. The third-order valence-corrected chi connectivity index (χ3v) is 1.64. The molecular weight excluding hydrogens is 198 g/mol. The standard InChI is InChI=1S/C10H11NO4/c1-11(2)15-10(14)8-6-4-3-5-7(8)9(12)13/h3-6H,1-2H3,(H,12,13). The molecule has 0 aromatic heterocycles. The lowest BCUT2D eigenvalue weighted by atomic mass is 10.1. The molecule has 0 radical (unpaired) electrons. The molecule has 0 saturated heterocycles. The summed E-state index contributed by atoms with van der Waals surface area (Å²) in [5, 5.41) is 10.0. The van der Waals surface area contributed by atoms with E-state index < -0.39 is 11.9 Å². The molecule has 1 rings (SSSR count). The van der Waals surface area contributed by atoms with Gasteiger partial charge in [-0.3, -0.25) is 0 Å². The van der Waals surface area contributed by atoms with Gasteiger partial charge in [-0.05, 0) is 12.1 Å². The highest BCUT2D eigenvalue weighted by Gasteiger charge is 2.17. The monoisotopic (exact) mass is 209 g/mol. The molecule has 1 aromatic rings. The maximum Gasteiger partial charge on any atom is 0.357 e. The summed E-state index contributed by atoms with van der Waals surface area (Å²) in [6.45, 7) is 0. The van der Waals surface area contributed by atoms with Gasteiger partial charge in [-0.25, -0.2) is 9.59 Å². The number of benzene rings is 1. The lowest BCUT2D eigenvalue weighted by Gasteiger charge is -2.10. The van der Waals surface area contributed by atoms with E-state index in [0.29, 0.717) is 0 Å². The summed E-state index contributed by atoms with van der Waals surface area (Å²) in [5.41, 5.74) is -0.0250. The van der Waals surface area contributed by atoms with Crippen LogP contribution in [-0.4, -0.2) is 36.2 Å². The molecule has 0 saturated carbocycles. The number of carboxylic acid groups (broad SMARTS) is 1. The van der Waals surface area contributed by atoms with E-state index in [2.05, 4.69) is 0 Å². The van der Waals surface area contributed by atoms with Gasteiger partial charge in [0.1, 0.15) is 0 Å². The Labute approximate surface area is 86.8 Å². The highest BCUT2D eigenvalue weighted by atomic mass is 16.7. The molecule has 0 amide bonds. The summed E-state index contributed by atoms with van der Waals surface area (Å²) in [7, 11) is 3.09. The summed E-state index contributed by atoms with van der Waals surface area (Å²) >= 11 is 0. The Morgan fingerprint density at radius 3 is 2.20 bits per heavy atom. The van der Waals surface area contributed by atoms with Crippen molar-refractivity contribution in [3.8, 4) is 0 Å². The highest BCUT2D eigenvalue weighted by Crippen LogP contribution is 2.10. The number of carboxylic acids is 1. The number of hydrogen-bond acceptors (Lipinski definition) is 4. The molecule has 1 aromatic carbocycles. The van der Waals surface area contributed by atoms with Gasteiger partial charge in [0.05, 0.1) is 11.1 Å². The van der Waals surface area contributed by atoms with E-state index in [1.807, 2.05) is 0 Å². The summed E-state index contributed by atoms with van der Waals surface area (Å²) in [6.07, 6.45) is 0. The zero-order valence-corrected chi connectivity index (χ0v) is 8.43. The Bertz CT molecular complexity index is 387. The molecule has 5 heteroatoms. The van der Waals surface area contributed by atoms with Crippen molar-refractivity contribution in [1.82, 2.24) is 5.06 Å². The first-order valence-corrected chi connectivity index (χ1v) is 4.24. The van der Waals surface area contributed by atoms with Crippen molar-refractivity contribution in [2.75, 3.05) is 14.1 Å². The van der Waals surface area contributed by atoms with Crippen molar-refractivity contribution in [1.29, 1.82) is 0 Å². The Kier molecular flexibility index (Phi) is 3.41. The Balaban J connectivity index is 3.03. The summed E-state index contributed by atoms with van der Waals surface area (Å²) in [4.78, 5) is 27.0. The molecule has 0 heterocycles. The number of rotatable bonds is 3. The molecule has 0 aliphatic heterocycles. The van der Waals surface area contributed by atoms with Crippen LogP contribution < -0.4 is 0 Å². The van der Waals surface area contributed by atoms with E-state index in [0.717, 1.165) is 0 Å². The van der Waals surface area contributed by atoms with Gasteiger partial charge in [-0.15, -0.1) is 5.06 Å². The maximum atomic E-state index is 11.5. The molecule has 0 atom stereocenters. The second-order valence-electron chi connectivity index (χ2n) is 3.04. The van der Waals surface area contributed by atoms with Gasteiger partial charge in [0.25, 0.3) is 0 Å². The van der Waals surface area contributed by atoms with Gasteiger partial charge >= 0.3 is 11.9 Å². The van der Waals surface area contributed by atoms with Crippen LogP contribution in [0.15, 0.2) is 24.3 Å². The molecule has 5 nitrogen and oxygen atoms in total. The topological polar surface area (TPSA) is 66.8 Å². The zero-order valence-electron chi connectivity index (χ0n) is 8.43. The molecule has 0 unspecified atom stereocenters. The summed E-state index contributed by atoms with van der Waals surface area (Å²) < 4.78 is 0. The van der Waals surface area contributed by atoms with E-state index in [1.54, 1.807) is 26.2 Å². The first kappa shape index (κ1) is 11.2. The van der Waals surface area contributed by atoms with Crippen LogP contribution in [-0.2, 0) is 4.84 Å². The molecule has 80 valence electrons. The second kappa shape index (κ2) is 4.56. The zero-order chi connectivity index (χ0) is 11.4. The van der Waals surface area contributed by atoms with E-state index >= 15 is 0 Å². The molecule has 0 aliphatic rings. The Morgan fingerprint density at radius 1 is 1.20 bits per heavy atom. The van der Waals surface area contributed by atoms with Crippen LogP contribution in [0.3, 0.4) is 0 Å². The van der Waals surface area contributed by atoms with Gasteiger partial charge in [-0.1, -0.05) is 12.1 Å². The van der Waals surface area contributed by atoms with Gasteiger partial charge in [-0.2, -0.15) is 0 Å². The number of nitrogens with zero attached hydrogens (tertiary/aromatic N) is 1. The highest BCUT2D eigenvalue weighted by molar-refractivity contribution is 6.02. The smallest absolute Gasteiger partial charge is 0.357 e.